The fourth-order valence-corrected chi connectivity index (χ4v) is 2.27. The van der Waals surface area contributed by atoms with E-state index in [2.05, 4.69) is 0 Å². The molecule has 0 bridgehead atoms. The number of rotatable bonds is 8. The molecule has 0 radical (unpaired) electrons. The Bertz CT molecular complexity index is 720. The molecule has 2 aromatic rings. The largest absolute Gasteiger partial charge is 0.476 e. The summed E-state index contributed by atoms with van der Waals surface area (Å²) in [5.41, 5.74) is 0.682. The molecule has 5 nitrogen and oxygen atoms in total. The van der Waals surface area contributed by atoms with Gasteiger partial charge in [-0.2, -0.15) is 0 Å². The molecule has 0 spiro atoms. The van der Waals surface area contributed by atoms with Gasteiger partial charge in [-0.1, -0.05) is 42.5 Å². The summed E-state index contributed by atoms with van der Waals surface area (Å²) in [7, 11) is 0. The standard InChI is InChI=1S/C21H24O5/c1-4-24-20(23)21(2,3)26-18-12-10-16(11-13-18)14-19(22)25-15-17-8-6-5-7-9-17/h5-13H,4,14-15H2,1-3H3. The van der Waals surface area contributed by atoms with Crippen LogP contribution >= 0.6 is 0 Å². The monoisotopic (exact) mass is 356 g/mol. The molecule has 0 aliphatic heterocycles. The molecule has 0 amide bonds. The zero-order chi connectivity index (χ0) is 19.0. The van der Waals surface area contributed by atoms with Crippen LogP contribution in [0.1, 0.15) is 31.9 Å². The predicted molar refractivity (Wildman–Crippen MR) is 97.7 cm³/mol. The zero-order valence-electron chi connectivity index (χ0n) is 15.4. The number of hydrogen-bond donors (Lipinski definition) is 0. The average molecular weight is 356 g/mol. The van der Waals surface area contributed by atoms with Crippen molar-refractivity contribution in [1.29, 1.82) is 0 Å². The minimum absolute atomic E-state index is 0.175. The SMILES string of the molecule is CCOC(=O)C(C)(C)Oc1ccc(CC(=O)OCc2ccccc2)cc1. The molecule has 5 heteroatoms. The van der Waals surface area contributed by atoms with E-state index in [-0.39, 0.29) is 19.0 Å². The van der Waals surface area contributed by atoms with E-state index in [1.165, 1.54) is 0 Å². The third-order valence-corrected chi connectivity index (χ3v) is 3.65. The van der Waals surface area contributed by atoms with Gasteiger partial charge in [0.2, 0.25) is 0 Å². The van der Waals surface area contributed by atoms with Gasteiger partial charge in [0.1, 0.15) is 12.4 Å². The first-order chi connectivity index (χ1) is 12.4. The Kier molecular flexibility index (Phi) is 6.78. The first-order valence-electron chi connectivity index (χ1n) is 8.55. The molecule has 0 unspecified atom stereocenters. The smallest absolute Gasteiger partial charge is 0.349 e. The van der Waals surface area contributed by atoms with Crippen LogP contribution in [-0.2, 0) is 32.1 Å². The fraction of sp³-hybridized carbons (Fsp3) is 0.333. The summed E-state index contributed by atoms with van der Waals surface area (Å²) in [6, 6.07) is 16.5. The van der Waals surface area contributed by atoms with E-state index in [4.69, 9.17) is 14.2 Å². The van der Waals surface area contributed by atoms with Crippen molar-refractivity contribution in [2.24, 2.45) is 0 Å². The van der Waals surface area contributed by atoms with Crippen molar-refractivity contribution < 1.29 is 23.8 Å². The maximum atomic E-state index is 11.9. The van der Waals surface area contributed by atoms with Crippen LogP contribution in [0.15, 0.2) is 54.6 Å². The summed E-state index contributed by atoms with van der Waals surface area (Å²) in [5, 5.41) is 0. The average Bonchev–Trinajstić information content (AvgIpc) is 2.62. The van der Waals surface area contributed by atoms with E-state index in [0.717, 1.165) is 11.1 Å². The van der Waals surface area contributed by atoms with Gasteiger partial charge in [0, 0.05) is 0 Å². The van der Waals surface area contributed by atoms with Crippen molar-refractivity contribution in [2.45, 2.75) is 39.4 Å². The molecule has 2 aromatic carbocycles. The number of ether oxygens (including phenoxy) is 3. The minimum Gasteiger partial charge on any atom is -0.476 e. The van der Waals surface area contributed by atoms with E-state index < -0.39 is 11.6 Å². The predicted octanol–water partition coefficient (Wildman–Crippen LogP) is 3.69. The van der Waals surface area contributed by atoms with Crippen LogP contribution in [0.3, 0.4) is 0 Å². The highest BCUT2D eigenvalue weighted by Crippen LogP contribution is 2.20. The van der Waals surface area contributed by atoms with E-state index >= 15 is 0 Å². The topological polar surface area (TPSA) is 61.8 Å². The Hall–Kier alpha value is -2.82. The van der Waals surface area contributed by atoms with Crippen molar-refractivity contribution >= 4 is 11.9 Å². The van der Waals surface area contributed by atoms with Crippen molar-refractivity contribution in [3.63, 3.8) is 0 Å². The molecule has 0 heterocycles. The lowest BCUT2D eigenvalue weighted by Crippen LogP contribution is -2.39. The lowest BCUT2D eigenvalue weighted by atomic mass is 10.1. The number of hydrogen-bond acceptors (Lipinski definition) is 5. The Labute approximate surface area is 153 Å². The van der Waals surface area contributed by atoms with E-state index in [1.54, 1.807) is 45.0 Å². The lowest BCUT2D eigenvalue weighted by molar-refractivity contribution is -0.158. The number of carbonyl (C=O) groups excluding carboxylic acids is 2. The molecule has 0 atom stereocenters. The first kappa shape index (κ1) is 19.5. The molecule has 0 saturated heterocycles. The second kappa shape index (κ2) is 9.04. The molecular weight excluding hydrogens is 332 g/mol. The van der Waals surface area contributed by atoms with Crippen molar-refractivity contribution in [1.82, 2.24) is 0 Å². The summed E-state index contributed by atoms with van der Waals surface area (Å²) in [6.45, 7) is 5.61. The normalized spacial score (nSPS) is 10.9. The maximum Gasteiger partial charge on any atom is 0.349 e. The number of carbonyl (C=O) groups is 2. The molecule has 0 aliphatic rings. The molecule has 0 aliphatic carbocycles. The summed E-state index contributed by atoms with van der Waals surface area (Å²) >= 11 is 0. The highest BCUT2D eigenvalue weighted by Gasteiger charge is 2.31. The highest BCUT2D eigenvalue weighted by atomic mass is 16.6. The van der Waals surface area contributed by atoms with Gasteiger partial charge in [-0.3, -0.25) is 4.79 Å². The highest BCUT2D eigenvalue weighted by molar-refractivity contribution is 5.79. The minimum atomic E-state index is -1.08. The maximum absolute atomic E-state index is 11.9. The van der Waals surface area contributed by atoms with Gasteiger partial charge in [0.25, 0.3) is 0 Å². The fourth-order valence-electron chi connectivity index (χ4n) is 2.27. The van der Waals surface area contributed by atoms with Crippen LogP contribution in [0.4, 0.5) is 0 Å². The van der Waals surface area contributed by atoms with Gasteiger partial charge in [-0.25, -0.2) is 4.79 Å². The summed E-state index contributed by atoms with van der Waals surface area (Å²) in [6.07, 6.45) is 0.175. The third kappa shape index (κ3) is 5.92. The molecule has 0 saturated carbocycles. The molecule has 2 rings (SSSR count). The van der Waals surface area contributed by atoms with Crippen LogP contribution in [0.25, 0.3) is 0 Å². The summed E-state index contributed by atoms with van der Waals surface area (Å²) in [4.78, 5) is 23.8. The second-order valence-corrected chi connectivity index (χ2v) is 6.30. The van der Waals surface area contributed by atoms with Crippen molar-refractivity contribution in [2.75, 3.05) is 6.61 Å². The van der Waals surface area contributed by atoms with Gasteiger partial charge in [0.15, 0.2) is 5.60 Å². The van der Waals surface area contributed by atoms with Crippen molar-refractivity contribution in [3.8, 4) is 5.75 Å². The van der Waals surface area contributed by atoms with Crippen LogP contribution < -0.4 is 4.74 Å². The van der Waals surface area contributed by atoms with Gasteiger partial charge in [-0.05, 0) is 44.0 Å². The molecule has 26 heavy (non-hydrogen) atoms. The summed E-state index contributed by atoms with van der Waals surface area (Å²) < 4.78 is 16.0. The van der Waals surface area contributed by atoms with Crippen LogP contribution in [0.5, 0.6) is 5.75 Å². The van der Waals surface area contributed by atoms with Crippen LogP contribution in [-0.4, -0.2) is 24.1 Å². The van der Waals surface area contributed by atoms with Gasteiger partial charge in [0.05, 0.1) is 13.0 Å². The molecule has 0 fully saturated rings. The lowest BCUT2D eigenvalue weighted by Gasteiger charge is -2.24. The van der Waals surface area contributed by atoms with Gasteiger partial charge in [-0.15, -0.1) is 0 Å². The number of esters is 2. The third-order valence-electron chi connectivity index (χ3n) is 3.65. The van der Waals surface area contributed by atoms with Gasteiger partial charge < -0.3 is 14.2 Å². The van der Waals surface area contributed by atoms with E-state index in [0.29, 0.717) is 12.4 Å². The Morgan fingerprint density at radius 3 is 2.15 bits per heavy atom. The first-order valence-corrected chi connectivity index (χ1v) is 8.55. The van der Waals surface area contributed by atoms with Crippen LogP contribution in [0.2, 0.25) is 0 Å². The Morgan fingerprint density at radius 2 is 1.54 bits per heavy atom. The summed E-state index contributed by atoms with van der Waals surface area (Å²) in [5.74, 6) is -0.188. The number of benzene rings is 2. The Morgan fingerprint density at radius 1 is 0.885 bits per heavy atom. The Balaban J connectivity index is 1.86. The zero-order valence-corrected chi connectivity index (χ0v) is 15.4. The van der Waals surface area contributed by atoms with Gasteiger partial charge >= 0.3 is 11.9 Å². The molecular formula is C21H24O5. The molecule has 138 valence electrons. The van der Waals surface area contributed by atoms with E-state index in [1.807, 2.05) is 30.3 Å². The molecule has 0 N–H and O–H groups in total. The van der Waals surface area contributed by atoms with Crippen molar-refractivity contribution in [3.05, 3.63) is 65.7 Å². The van der Waals surface area contributed by atoms with Crippen LogP contribution in [0, 0.1) is 0 Å². The quantitative estimate of drug-likeness (QED) is 0.675. The molecule has 0 aromatic heterocycles. The second-order valence-electron chi connectivity index (χ2n) is 6.30. The van der Waals surface area contributed by atoms with E-state index in [9.17, 15) is 9.59 Å².